The van der Waals surface area contributed by atoms with Crippen molar-refractivity contribution in [2.24, 2.45) is 0 Å². The summed E-state index contributed by atoms with van der Waals surface area (Å²) < 4.78 is 28.2. The number of phosphoric ester groups is 1. The van der Waals surface area contributed by atoms with Gasteiger partial charge in [0.25, 0.3) is 7.82 Å². The predicted octanol–water partition coefficient (Wildman–Crippen LogP) is 5.22. The predicted molar refractivity (Wildman–Crippen MR) is 124 cm³/mol. The van der Waals surface area contributed by atoms with E-state index in [0.29, 0.717) is 23.9 Å². The molecule has 1 unspecified atom stereocenters. The number of esters is 1. The molecular formula is C23H48NO6P. The van der Waals surface area contributed by atoms with Crippen molar-refractivity contribution < 1.29 is 32.5 Å². The molecule has 0 aliphatic rings. The second kappa shape index (κ2) is 18.0. The summed E-state index contributed by atoms with van der Waals surface area (Å²) in [4.78, 5) is 24.3. The molecule has 31 heavy (non-hydrogen) atoms. The number of carbonyl (C=O) groups is 1. The fourth-order valence-electron chi connectivity index (χ4n) is 3.08. The molecule has 0 saturated heterocycles. The number of nitrogens with zero attached hydrogens (tertiary/aromatic N) is 1. The lowest BCUT2D eigenvalue weighted by Gasteiger charge is -2.28. The second-order valence-corrected chi connectivity index (χ2v) is 10.8. The monoisotopic (exact) mass is 465 g/mol. The minimum atomic E-state index is -4.41. The smallest absolute Gasteiger partial charge is 0.306 e. The van der Waals surface area contributed by atoms with Gasteiger partial charge < -0.3 is 23.2 Å². The van der Waals surface area contributed by atoms with Crippen LogP contribution in [0.4, 0.5) is 0 Å². The first-order valence-corrected chi connectivity index (χ1v) is 13.7. The van der Waals surface area contributed by atoms with Gasteiger partial charge in [0, 0.05) is 6.42 Å². The zero-order valence-electron chi connectivity index (χ0n) is 20.7. The van der Waals surface area contributed by atoms with Crippen LogP contribution >= 0.6 is 7.82 Å². The number of quaternary nitrogens is 1. The van der Waals surface area contributed by atoms with Gasteiger partial charge in [-0.25, -0.2) is 0 Å². The van der Waals surface area contributed by atoms with E-state index >= 15 is 0 Å². The van der Waals surface area contributed by atoms with Crippen LogP contribution in [0, 0.1) is 0 Å². The maximum Gasteiger partial charge on any atom is 0.306 e. The first-order chi connectivity index (χ1) is 14.6. The van der Waals surface area contributed by atoms with Gasteiger partial charge in [-0.2, -0.15) is 0 Å². The van der Waals surface area contributed by atoms with Crippen LogP contribution in [0.5, 0.6) is 0 Å². The van der Waals surface area contributed by atoms with E-state index in [4.69, 9.17) is 13.8 Å². The summed E-state index contributed by atoms with van der Waals surface area (Å²) in [5, 5.41) is 0. The summed E-state index contributed by atoms with van der Waals surface area (Å²) in [5.74, 6) is -0.274. The van der Waals surface area contributed by atoms with Crippen LogP contribution in [0.3, 0.4) is 0 Å². The van der Waals surface area contributed by atoms with Crippen molar-refractivity contribution in [3.63, 3.8) is 0 Å². The van der Waals surface area contributed by atoms with Crippen molar-refractivity contribution in [1.82, 2.24) is 0 Å². The number of carbonyl (C=O) groups excluding carboxylic acids is 1. The molecule has 0 aliphatic carbocycles. The molecule has 7 nitrogen and oxygen atoms in total. The summed E-state index contributed by atoms with van der Waals surface area (Å²) in [7, 11) is 1.45. The highest BCUT2D eigenvalue weighted by Gasteiger charge is 2.19. The topological polar surface area (TPSA) is 84.9 Å². The van der Waals surface area contributed by atoms with Gasteiger partial charge in [0.1, 0.15) is 19.3 Å². The lowest BCUT2D eigenvalue weighted by molar-refractivity contribution is -0.870. The lowest BCUT2D eigenvalue weighted by Crippen LogP contribution is -2.37. The summed E-state index contributed by atoms with van der Waals surface area (Å²) in [6.07, 6.45) is 12.5. The molecule has 2 atom stereocenters. The van der Waals surface area contributed by atoms with Gasteiger partial charge in [-0.1, -0.05) is 71.6 Å². The third-order valence-corrected chi connectivity index (χ3v) is 6.06. The third-order valence-electron chi connectivity index (χ3n) is 5.09. The fraction of sp³-hybridized carbons (Fsp3) is 0.957. The SMILES string of the molecule is CCCCCCCCCC(=O)O[C@H](CCCCCC)COP(=O)([O-])OCC[N+](C)(C)C. The van der Waals surface area contributed by atoms with Gasteiger partial charge >= 0.3 is 5.97 Å². The maximum absolute atomic E-state index is 12.2. The number of hydrogen-bond donors (Lipinski definition) is 0. The van der Waals surface area contributed by atoms with E-state index in [9.17, 15) is 14.3 Å². The molecule has 0 aromatic rings. The summed E-state index contributed by atoms with van der Waals surface area (Å²) in [6.45, 7) is 4.75. The Morgan fingerprint density at radius 1 is 0.871 bits per heavy atom. The third kappa shape index (κ3) is 21.2. The average Bonchev–Trinajstić information content (AvgIpc) is 2.67. The van der Waals surface area contributed by atoms with Crippen LogP contribution in [-0.2, 0) is 23.1 Å². The highest BCUT2D eigenvalue weighted by Crippen LogP contribution is 2.38. The molecule has 0 aromatic heterocycles. The first kappa shape index (κ1) is 30.5. The molecule has 0 spiro atoms. The molecule has 186 valence electrons. The largest absolute Gasteiger partial charge is 0.756 e. The number of unbranched alkanes of at least 4 members (excludes halogenated alkanes) is 9. The number of ether oxygens (including phenoxy) is 1. The van der Waals surface area contributed by atoms with E-state index in [1.807, 2.05) is 21.1 Å². The van der Waals surface area contributed by atoms with Crippen LogP contribution in [0.2, 0.25) is 0 Å². The van der Waals surface area contributed by atoms with Crippen molar-refractivity contribution in [2.75, 3.05) is 40.9 Å². The minimum absolute atomic E-state index is 0.0590. The van der Waals surface area contributed by atoms with E-state index in [1.54, 1.807) is 0 Å². The van der Waals surface area contributed by atoms with E-state index < -0.39 is 13.9 Å². The minimum Gasteiger partial charge on any atom is -0.756 e. The van der Waals surface area contributed by atoms with E-state index in [-0.39, 0.29) is 19.2 Å². The van der Waals surface area contributed by atoms with Gasteiger partial charge in [-0.3, -0.25) is 9.36 Å². The molecule has 0 aromatic carbocycles. The molecule has 0 amide bonds. The Balaban J connectivity index is 4.36. The lowest BCUT2D eigenvalue weighted by atomic mass is 10.1. The van der Waals surface area contributed by atoms with Crippen molar-refractivity contribution in [1.29, 1.82) is 0 Å². The zero-order chi connectivity index (χ0) is 23.6. The van der Waals surface area contributed by atoms with Crippen LogP contribution < -0.4 is 4.89 Å². The molecule has 0 aliphatic heterocycles. The number of hydrogen-bond acceptors (Lipinski definition) is 6. The molecule has 0 radical (unpaired) electrons. The second-order valence-electron chi connectivity index (χ2n) is 9.42. The van der Waals surface area contributed by atoms with E-state index in [2.05, 4.69) is 13.8 Å². The molecule has 0 saturated carbocycles. The Labute approximate surface area is 191 Å². The van der Waals surface area contributed by atoms with Crippen LogP contribution in [0.15, 0.2) is 0 Å². The number of rotatable bonds is 21. The molecule has 0 bridgehead atoms. The van der Waals surface area contributed by atoms with Crippen LogP contribution in [-0.4, -0.2) is 57.5 Å². The van der Waals surface area contributed by atoms with Gasteiger partial charge in [0.05, 0.1) is 27.7 Å². The van der Waals surface area contributed by atoms with Crippen LogP contribution in [0.1, 0.15) is 97.3 Å². The average molecular weight is 466 g/mol. The molecule has 0 N–H and O–H groups in total. The summed E-state index contributed by atoms with van der Waals surface area (Å²) >= 11 is 0. The van der Waals surface area contributed by atoms with E-state index in [1.165, 1.54) is 25.7 Å². The Morgan fingerprint density at radius 2 is 1.42 bits per heavy atom. The van der Waals surface area contributed by atoms with Crippen molar-refractivity contribution in [3.8, 4) is 0 Å². The Bertz CT molecular complexity index is 495. The van der Waals surface area contributed by atoms with Gasteiger partial charge in [0.15, 0.2) is 0 Å². The van der Waals surface area contributed by atoms with Crippen molar-refractivity contribution in [2.45, 2.75) is 103 Å². The van der Waals surface area contributed by atoms with E-state index in [0.717, 1.165) is 44.9 Å². The van der Waals surface area contributed by atoms with Crippen LogP contribution in [0.25, 0.3) is 0 Å². The summed E-state index contributed by atoms with van der Waals surface area (Å²) in [5.41, 5.74) is 0. The normalized spacial score (nSPS) is 14.9. The Morgan fingerprint density at radius 3 is 2.00 bits per heavy atom. The number of likely N-dealkylation sites (N-methyl/N-ethyl adjacent to an activating group) is 1. The standard InChI is InChI=1S/C23H48NO6P/c1-6-8-10-12-13-14-16-18-23(25)30-22(17-15-11-9-7-2)21-29-31(26,27)28-20-19-24(3,4)5/h22H,6-21H2,1-5H3/t22-/m1/s1. The fourth-order valence-corrected chi connectivity index (χ4v) is 3.81. The molecular weight excluding hydrogens is 417 g/mol. The highest BCUT2D eigenvalue weighted by atomic mass is 31.2. The molecule has 0 fully saturated rings. The quantitative estimate of drug-likeness (QED) is 0.100. The van der Waals surface area contributed by atoms with Crippen molar-refractivity contribution >= 4 is 13.8 Å². The zero-order valence-corrected chi connectivity index (χ0v) is 21.6. The number of phosphoric acid groups is 1. The summed E-state index contributed by atoms with van der Waals surface area (Å²) in [6, 6.07) is 0. The Kier molecular flexibility index (Phi) is 17.8. The van der Waals surface area contributed by atoms with Gasteiger partial charge in [0.2, 0.25) is 0 Å². The van der Waals surface area contributed by atoms with Crippen molar-refractivity contribution in [3.05, 3.63) is 0 Å². The molecule has 0 rings (SSSR count). The Hall–Kier alpha value is -0.460. The molecule has 8 heteroatoms. The van der Waals surface area contributed by atoms with Gasteiger partial charge in [-0.15, -0.1) is 0 Å². The maximum atomic E-state index is 12.2. The molecule has 0 heterocycles. The highest BCUT2D eigenvalue weighted by molar-refractivity contribution is 7.45. The van der Waals surface area contributed by atoms with Gasteiger partial charge in [-0.05, 0) is 19.3 Å². The first-order valence-electron chi connectivity index (χ1n) is 12.2.